The number of hydrogen-bond acceptors (Lipinski definition) is 6. The van der Waals surface area contributed by atoms with Crippen molar-refractivity contribution in [3.8, 4) is 5.75 Å². The van der Waals surface area contributed by atoms with E-state index in [-0.39, 0.29) is 30.8 Å². The van der Waals surface area contributed by atoms with Crippen LogP contribution in [0.4, 0.5) is 0 Å². The summed E-state index contributed by atoms with van der Waals surface area (Å²) in [6.07, 6.45) is 5.15. The summed E-state index contributed by atoms with van der Waals surface area (Å²) >= 11 is 0. The van der Waals surface area contributed by atoms with Gasteiger partial charge in [0, 0.05) is 20.1 Å². The molecule has 0 saturated heterocycles. The van der Waals surface area contributed by atoms with Crippen molar-refractivity contribution < 1.29 is 29.0 Å². The molecule has 2 rings (SSSR count). The maximum absolute atomic E-state index is 13.7. The molecule has 8 nitrogen and oxygen atoms in total. The van der Waals surface area contributed by atoms with Gasteiger partial charge in [-0.25, -0.2) is 0 Å². The molecular weight excluding hydrogens is 448 g/mol. The number of hydrogen-bond donors (Lipinski definition) is 3. The van der Waals surface area contributed by atoms with Crippen LogP contribution in [0, 0.1) is 17.8 Å². The van der Waals surface area contributed by atoms with Gasteiger partial charge in [0.2, 0.25) is 11.8 Å². The maximum atomic E-state index is 13.7. The molecule has 0 spiro atoms. The molecule has 0 bridgehead atoms. The first-order chi connectivity index (χ1) is 16.6. The van der Waals surface area contributed by atoms with Gasteiger partial charge < -0.3 is 25.2 Å². The van der Waals surface area contributed by atoms with Gasteiger partial charge in [0.05, 0.1) is 18.9 Å². The number of ether oxygens (including phenoxy) is 2. The monoisotopic (exact) mass is 490 g/mol. The molecule has 1 aliphatic rings. The number of esters is 1. The number of carbonyl (C=O) groups excluding carboxylic acids is 3. The topological polar surface area (TPSA) is 114 Å². The summed E-state index contributed by atoms with van der Waals surface area (Å²) in [5.74, 6) is -1.91. The van der Waals surface area contributed by atoms with Crippen molar-refractivity contribution in [2.24, 2.45) is 17.8 Å². The number of amides is 2. The molecule has 1 aliphatic carbocycles. The molecule has 3 atom stereocenters. The number of carbonyl (C=O) groups is 3. The molecule has 1 aromatic carbocycles. The smallest absolute Gasteiger partial charge is 0.310 e. The minimum atomic E-state index is -0.805. The van der Waals surface area contributed by atoms with Gasteiger partial charge in [-0.3, -0.25) is 14.4 Å². The van der Waals surface area contributed by atoms with Gasteiger partial charge in [0.25, 0.3) is 0 Å². The fraction of sp³-hybridized carbons (Fsp3) is 0.667. The second kappa shape index (κ2) is 13.5. The second-order valence-corrected chi connectivity index (χ2v) is 10.3. The Morgan fingerprint density at radius 3 is 2.20 bits per heavy atom. The van der Waals surface area contributed by atoms with E-state index < -0.39 is 29.4 Å². The van der Waals surface area contributed by atoms with Gasteiger partial charge in [0.1, 0.15) is 17.4 Å². The molecule has 1 aromatic rings. The zero-order valence-electron chi connectivity index (χ0n) is 21.8. The van der Waals surface area contributed by atoms with Gasteiger partial charge in [-0.2, -0.15) is 0 Å². The molecule has 3 N–H and O–H groups in total. The first-order valence-electron chi connectivity index (χ1n) is 12.6. The van der Waals surface area contributed by atoms with Crippen LogP contribution >= 0.6 is 0 Å². The first-order valence-corrected chi connectivity index (χ1v) is 12.6. The Morgan fingerprint density at radius 1 is 1.06 bits per heavy atom. The van der Waals surface area contributed by atoms with Gasteiger partial charge in [-0.05, 0) is 63.6 Å². The molecule has 0 heterocycles. The lowest BCUT2D eigenvalue weighted by Crippen LogP contribution is -2.52. The van der Waals surface area contributed by atoms with Crippen LogP contribution in [0.15, 0.2) is 24.3 Å². The van der Waals surface area contributed by atoms with Crippen LogP contribution in [0.1, 0.15) is 64.9 Å². The molecule has 8 heteroatoms. The van der Waals surface area contributed by atoms with Crippen molar-refractivity contribution in [3.63, 3.8) is 0 Å². The lowest BCUT2D eigenvalue weighted by atomic mass is 9.72. The predicted molar refractivity (Wildman–Crippen MR) is 134 cm³/mol. The molecule has 0 aliphatic heterocycles. The van der Waals surface area contributed by atoms with Crippen molar-refractivity contribution in [1.82, 2.24) is 10.6 Å². The number of methoxy groups -OCH3 is 1. The predicted octanol–water partition coefficient (Wildman–Crippen LogP) is 3.01. The minimum absolute atomic E-state index is 0.0147. The standard InChI is InChI=1S/C27H42N2O6/c1-27(2,3)35-26(33)21(15-16-30)23(19-9-7-6-8-10-19)25(32)29-22(24(31)28-4)17-18-11-13-20(34-5)14-12-18/h11-14,19,21-23,30H,6-10,15-17H2,1-5H3,(H,28,31)(H,29,32). The molecule has 196 valence electrons. The summed E-state index contributed by atoms with van der Waals surface area (Å²) in [4.78, 5) is 39.6. The fourth-order valence-corrected chi connectivity index (χ4v) is 4.83. The maximum Gasteiger partial charge on any atom is 0.310 e. The van der Waals surface area contributed by atoms with E-state index >= 15 is 0 Å². The summed E-state index contributed by atoms with van der Waals surface area (Å²) in [5.41, 5.74) is 0.158. The number of rotatable bonds is 11. The number of likely N-dealkylation sites (N-methyl/N-ethyl adjacent to an activating group) is 1. The zero-order chi connectivity index (χ0) is 26.0. The van der Waals surface area contributed by atoms with Gasteiger partial charge >= 0.3 is 5.97 Å². The molecular formula is C27H42N2O6. The molecule has 3 unspecified atom stereocenters. The fourth-order valence-electron chi connectivity index (χ4n) is 4.83. The summed E-state index contributed by atoms with van der Waals surface area (Å²) in [7, 11) is 3.12. The Kier molecular flexibility index (Phi) is 11.0. The number of nitrogens with one attached hydrogen (secondary N) is 2. The largest absolute Gasteiger partial charge is 0.497 e. The van der Waals surface area contributed by atoms with Crippen molar-refractivity contribution >= 4 is 17.8 Å². The van der Waals surface area contributed by atoms with Crippen LogP contribution in [0.25, 0.3) is 0 Å². The minimum Gasteiger partial charge on any atom is -0.497 e. The normalized spacial score (nSPS) is 17.1. The van der Waals surface area contributed by atoms with Crippen LogP contribution in [-0.4, -0.2) is 55.3 Å². The Labute approximate surface area is 209 Å². The lowest BCUT2D eigenvalue weighted by Gasteiger charge is -2.35. The molecule has 0 radical (unpaired) electrons. The Morgan fingerprint density at radius 2 is 1.69 bits per heavy atom. The lowest BCUT2D eigenvalue weighted by molar-refractivity contribution is -0.166. The van der Waals surface area contributed by atoms with Crippen molar-refractivity contribution in [1.29, 1.82) is 0 Å². The SMILES string of the molecule is CNC(=O)C(Cc1ccc(OC)cc1)NC(=O)C(C1CCCCC1)C(CCO)C(=O)OC(C)(C)C. The van der Waals surface area contributed by atoms with E-state index in [1.165, 1.54) is 7.05 Å². The van der Waals surface area contributed by atoms with Crippen molar-refractivity contribution in [3.05, 3.63) is 29.8 Å². The average Bonchev–Trinajstić information content (AvgIpc) is 2.82. The molecule has 0 aromatic heterocycles. The van der Waals surface area contributed by atoms with Crippen molar-refractivity contribution in [2.45, 2.75) is 77.4 Å². The molecule has 1 saturated carbocycles. The van der Waals surface area contributed by atoms with E-state index in [2.05, 4.69) is 10.6 Å². The van der Waals surface area contributed by atoms with Crippen LogP contribution < -0.4 is 15.4 Å². The van der Waals surface area contributed by atoms with E-state index in [1.807, 2.05) is 24.3 Å². The summed E-state index contributed by atoms with van der Waals surface area (Å²) in [6, 6.07) is 6.52. The first kappa shape index (κ1) is 28.6. The third-order valence-corrected chi connectivity index (χ3v) is 6.52. The van der Waals surface area contributed by atoms with Crippen LogP contribution in [0.5, 0.6) is 5.75 Å². The van der Waals surface area contributed by atoms with E-state index in [4.69, 9.17) is 9.47 Å². The zero-order valence-corrected chi connectivity index (χ0v) is 21.8. The number of benzene rings is 1. The van der Waals surface area contributed by atoms with Gasteiger partial charge in [-0.1, -0.05) is 31.4 Å². The molecule has 35 heavy (non-hydrogen) atoms. The highest BCUT2D eigenvalue weighted by Gasteiger charge is 2.42. The molecule has 1 fully saturated rings. The quantitative estimate of drug-likeness (QED) is 0.411. The van der Waals surface area contributed by atoms with Gasteiger partial charge in [-0.15, -0.1) is 0 Å². The Bertz CT molecular complexity index is 827. The van der Waals surface area contributed by atoms with E-state index in [1.54, 1.807) is 27.9 Å². The third kappa shape index (κ3) is 8.84. The Hall–Kier alpha value is -2.61. The van der Waals surface area contributed by atoms with Crippen LogP contribution in [0.2, 0.25) is 0 Å². The summed E-state index contributed by atoms with van der Waals surface area (Å²) in [5, 5.41) is 15.3. The Balaban J connectivity index is 2.32. The highest BCUT2D eigenvalue weighted by Crippen LogP contribution is 2.37. The van der Waals surface area contributed by atoms with Crippen LogP contribution in [0.3, 0.4) is 0 Å². The van der Waals surface area contributed by atoms with E-state index in [9.17, 15) is 19.5 Å². The number of aliphatic hydroxyl groups excluding tert-OH is 1. The summed E-state index contributed by atoms with van der Waals surface area (Å²) in [6.45, 7) is 5.12. The van der Waals surface area contributed by atoms with Crippen LogP contribution in [-0.2, 0) is 25.5 Å². The summed E-state index contributed by atoms with van der Waals surface area (Å²) < 4.78 is 10.8. The average molecular weight is 491 g/mol. The highest BCUT2D eigenvalue weighted by atomic mass is 16.6. The number of aliphatic hydroxyl groups is 1. The second-order valence-electron chi connectivity index (χ2n) is 10.3. The third-order valence-electron chi connectivity index (χ3n) is 6.52. The van der Waals surface area contributed by atoms with E-state index in [0.29, 0.717) is 12.2 Å². The van der Waals surface area contributed by atoms with E-state index in [0.717, 1.165) is 37.7 Å². The van der Waals surface area contributed by atoms with Crippen molar-refractivity contribution in [2.75, 3.05) is 20.8 Å². The molecule has 2 amide bonds. The van der Waals surface area contributed by atoms with Gasteiger partial charge in [0.15, 0.2) is 0 Å². The highest BCUT2D eigenvalue weighted by molar-refractivity contribution is 5.91.